The predicted molar refractivity (Wildman–Crippen MR) is 70.9 cm³/mol. The Morgan fingerprint density at radius 1 is 0.625 bits per heavy atom. The average molecular weight is 206 g/mol. The molecule has 0 aliphatic carbocycles. The van der Waals surface area contributed by atoms with Crippen molar-refractivity contribution in [1.29, 1.82) is 0 Å². The van der Waals surface area contributed by atoms with E-state index in [4.69, 9.17) is 0 Å². The molecule has 3 rings (SSSR count). The molecule has 0 radical (unpaired) electrons. The third kappa shape index (κ3) is 1.30. The highest BCUT2D eigenvalue weighted by Crippen LogP contribution is 2.27. The van der Waals surface area contributed by atoms with E-state index in [1.54, 1.807) is 0 Å². The van der Waals surface area contributed by atoms with Gasteiger partial charge in [0.25, 0.3) is 0 Å². The first-order chi connectivity index (χ1) is 7.75. The van der Waals surface area contributed by atoms with Gasteiger partial charge >= 0.3 is 0 Å². The zero-order valence-corrected chi connectivity index (χ0v) is 9.62. The molecule has 0 amide bonds. The lowest BCUT2D eigenvalue weighted by atomic mass is 9.97. The van der Waals surface area contributed by atoms with Crippen molar-refractivity contribution in [3.63, 3.8) is 0 Å². The van der Waals surface area contributed by atoms with Gasteiger partial charge in [-0.1, -0.05) is 36.4 Å². The molecule has 78 valence electrons. The van der Waals surface area contributed by atoms with Crippen LogP contribution in [0.4, 0.5) is 0 Å². The molecule has 16 heavy (non-hydrogen) atoms. The average Bonchev–Trinajstić information content (AvgIpc) is 2.32. The minimum Gasteiger partial charge on any atom is -0.0616 e. The first kappa shape index (κ1) is 9.41. The Bertz CT molecular complexity index is 618. The molecule has 0 bridgehead atoms. The maximum Gasteiger partial charge on any atom is -0.0146 e. The van der Waals surface area contributed by atoms with Gasteiger partial charge in [0.1, 0.15) is 0 Å². The van der Waals surface area contributed by atoms with Crippen LogP contribution >= 0.6 is 0 Å². The molecule has 0 heterocycles. The van der Waals surface area contributed by atoms with Crippen molar-refractivity contribution in [2.75, 3.05) is 0 Å². The van der Waals surface area contributed by atoms with Gasteiger partial charge in [-0.3, -0.25) is 0 Å². The van der Waals surface area contributed by atoms with Gasteiger partial charge in [-0.05, 0) is 58.7 Å². The minimum atomic E-state index is 1.32. The summed E-state index contributed by atoms with van der Waals surface area (Å²) >= 11 is 0. The van der Waals surface area contributed by atoms with Crippen LogP contribution in [0.1, 0.15) is 11.1 Å². The van der Waals surface area contributed by atoms with Gasteiger partial charge in [0.2, 0.25) is 0 Å². The second kappa shape index (κ2) is 3.34. The van der Waals surface area contributed by atoms with E-state index in [-0.39, 0.29) is 0 Å². The summed E-state index contributed by atoms with van der Waals surface area (Å²) in [7, 11) is 0. The van der Waals surface area contributed by atoms with Crippen LogP contribution in [-0.4, -0.2) is 0 Å². The number of hydrogen-bond donors (Lipinski definition) is 0. The van der Waals surface area contributed by atoms with Crippen molar-refractivity contribution in [3.05, 3.63) is 59.7 Å². The molecular formula is C16H14. The van der Waals surface area contributed by atoms with Gasteiger partial charge in [0, 0.05) is 0 Å². The molecule has 0 saturated carbocycles. The highest BCUT2D eigenvalue weighted by Gasteiger charge is 2.02. The topological polar surface area (TPSA) is 0 Å². The van der Waals surface area contributed by atoms with Crippen LogP contribution in [0.3, 0.4) is 0 Å². The summed E-state index contributed by atoms with van der Waals surface area (Å²) in [4.78, 5) is 0. The van der Waals surface area contributed by atoms with Gasteiger partial charge in [-0.15, -0.1) is 0 Å². The Morgan fingerprint density at radius 2 is 1.06 bits per heavy atom. The molecule has 0 aliphatic heterocycles. The SMILES string of the molecule is Cc1ccc(C)c2cc3ccccc3cc12. The van der Waals surface area contributed by atoms with E-state index in [1.165, 1.54) is 32.7 Å². The van der Waals surface area contributed by atoms with Crippen LogP contribution < -0.4 is 0 Å². The first-order valence-electron chi connectivity index (χ1n) is 5.64. The first-order valence-corrected chi connectivity index (χ1v) is 5.64. The summed E-state index contributed by atoms with van der Waals surface area (Å²) in [6.07, 6.45) is 0. The highest BCUT2D eigenvalue weighted by atomic mass is 14.1. The fourth-order valence-corrected chi connectivity index (χ4v) is 2.32. The summed E-state index contributed by atoms with van der Waals surface area (Å²) in [5.74, 6) is 0. The van der Waals surface area contributed by atoms with Crippen molar-refractivity contribution in [1.82, 2.24) is 0 Å². The van der Waals surface area contributed by atoms with E-state index in [0.29, 0.717) is 0 Å². The van der Waals surface area contributed by atoms with Gasteiger partial charge in [0.15, 0.2) is 0 Å². The van der Waals surface area contributed by atoms with Gasteiger partial charge in [-0.2, -0.15) is 0 Å². The van der Waals surface area contributed by atoms with E-state index >= 15 is 0 Å². The normalized spacial score (nSPS) is 11.1. The standard InChI is InChI=1S/C16H14/c1-11-7-8-12(2)16-10-14-6-4-3-5-13(14)9-15(11)16/h3-10H,1-2H3. The van der Waals surface area contributed by atoms with Crippen LogP contribution in [0.5, 0.6) is 0 Å². The monoisotopic (exact) mass is 206 g/mol. The van der Waals surface area contributed by atoms with Gasteiger partial charge < -0.3 is 0 Å². The van der Waals surface area contributed by atoms with Gasteiger partial charge in [-0.25, -0.2) is 0 Å². The fraction of sp³-hybridized carbons (Fsp3) is 0.125. The summed E-state index contributed by atoms with van der Waals surface area (Å²) in [5.41, 5.74) is 2.71. The van der Waals surface area contributed by atoms with Crippen LogP contribution in [0.2, 0.25) is 0 Å². The Hall–Kier alpha value is -1.82. The zero-order valence-electron chi connectivity index (χ0n) is 9.62. The highest BCUT2D eigenvalue weighted by molar-refractivity contribution is 6.00. The maximum absolute atomic E-state index is 2.30. The molecule has 0 atom stereocenters. The third-order valence-corrected chi connectivity index (χ3v) is 3.32. The van der Waals surface area contributed by atoms with E-state index in [2.05, 4.69) is 62.4 Å². The summed E-state index contributed by atoms with van der Waals surface area (Å²) in [5, 5.41) is 5.39. The molecular weight excluding hydrogens is 192 g/mol. The Morgan fingerprint density at radius 3 is 1.50 bits per heavy atom. The molecule has 3 aromatic rings. The molecule has 0 fully saturated rings. The quantitative estimate of drug-likeness (QED) is 0.471. The predicted octanol–water partition coefficient (Wildman–Crippen LogP) is 4.61. The largest absolute Gasteiger partial charge is 0.0616 e. The summed E-state index contributed by atoms with van der Waals surface area (Å²) in [6, 6.07) is 17.5. The lowest BCUT2D eigenvalue weighted by Gasteiger charge is -2.07. The number of hydrogen-bond acceptors (Lipinski definition) is 0. The van der Waals surface area contributed by atoms with E-state index in [0.717, 1.165) is 0 Å². The number of rotatable bonds is 0. The van der Waals surface area contributed by atoms with Crippen LogP contribution in [0, 0.1) is 13.8 Å². The zero-order chi connectivity index (χ0) is 11.1. The van der Waals surface area contributed by atoms with Crippen LogP contribution in [-0.2, 0) is 0 Å². The second-order valence-corrected chi connectivity index (χ2v) is 4.44. The molecule has 0 heteroatoms. The molecule has 0 aromatic heterocycles. The lowest BCUT2D eigenvalue weighted by molar-refractivity contribution is 1.47. The van der Waals surface area contributed by atoms with Crippen molar-refractivity contribution in [3.8, 4) is 0 Å². The molecule has 0 nitrogen and oxygen atoms in total. The number of aryl methyl sites for hydroxylation is 2. The minimum absolute atomic E-state index is 1.32. The number of benzene rings is 3. The van der Waals surface area contributed by atoms with Crippen molar-refractivity contribution < 1.29 is 0 Å². The third-order valence-electron chi connectivity index (χ3n) is 3.32. The van der Waals surface area contributed by atoms with Gasteiger partial charge in [0.05, 0.1) is 0 Å². The van der Waals surface area contributed by atoms with E-state index in [1.807, 2.05) is 0 Å². The van der Waals surface area contributed by atoms with Crippen molar-refractivity contribution in [2.24, 2.45) is 0 Å². The lowest BCUT2D eigenvalue weighted by Crippen LogP contribution is -1.83. The van der Waals surface area contributed by atoms with E-state index < -0.39 is 0 Å². The van der Waals surface area contributed by atoms with Crippen molar-refractivity contribution >= 4 is 21.5 Å². The molecule has 0 unspecified atom stereocenters. The Balaban J connectivity index is 2.56. The fourth-order valence-electron chi connectivity index (χ4n) is 2.32. The molecule has 0 spiro atoms. The van der Waals surface area contributed by atoms with E-state index in [9.17, 15) is 0 Å². The summed E-state index contributed by atoms with van der Waals surface area (Å²) in [6.45, 7) is 4.35. The van der Waals surface area contributed by atoms with Crippen LogP contribution in [0.15, 0.2) is 48.5 Å². The summed E-state index contributed by atoms with van der Waals surface area (Å²) < 4.78 is 0. The molecule has 0 aliphatic rings. The number of fused-ring (bicyclic) bond motifs is 2. The Kier molecular flexibility index (Phi) is 1.97. The Labute approximate surface area is 95.5 Å². The molecule has 3 aromatic carbocycles. The smallest absolute Gasteiger partial charge is 0.0146 e. The second-order valence-electron chi connectivity index (χ2n) is 4.44. The van der Waals surface area contributed by atoms with Crippen LogP contribution in [0.25, 0.3) is 21.5 Å². The maximum atomic E-state index is 2.30. The molecule has 0 N–H and O–H groups in total. The molecule has 0 saturated heterocycles. The van der Waals surface area contributed by atoms with Crippen molar-refractivity contribution in [2.45, 2.75) is 13.8 Å².